The predicted octanol–water partition coefficient (Wildman–Crippen LogP) is 3.56. The molecule has 0 saturated carbocycles. The highest BCUT2D eigenvalue weighted by Crippen LogP contribution is 2.21. The van der Waals surface area contributed by atoms with Crippen LogP contribution in [0.3, 0.4) is 0 Å². The van der Waals surface area contributed by atoms with Gasteiger partial charge < -0.3 is 5.32 Å². The summed E-state index contributed by atoms with van der Waals surface area (Å²) in [6.07, 6.45) is 4.51. The average Bonchev–Trinajstić information content (AvgIpc) is 3.17. The summed E-state index contributed by atoms with van der Waals surface area (Å²) in [6.45, 7) is 0.549. The van der Waals surface area contributed by atoms with Crippen LogP contribution in [-0.2, 0) is 6.42 Å². The molecule has 0 radical (unpaired) electrons. The second kappa shape index (κ2) is 6.77. The van der Waals surface area contributed by atoms with Crippen molar-refractivity contribution in [2.45, 2.75) is 6.42 Å². The number of carbonyl (C=O) groups is 1. The number of hydrogen-bond acceptors (Lipinski definition) is 3. The highest BCUT2D eigenvalue weighted by molar-refractivity contribution is 7.12. The molecule has 0 unspecified atom stereocenters. The molecular formula is C16H14ClN3OS. The number of halogens is 1. The molecule has 2 heterocycles. The number of nitrogens with zero attached hydrogens (tertiary/aromatic N) is 2. The molecule has 0 saturated heterocycles. The third kappa shape index (κ3) is 3.37. The molecule has 1 amide bonds. The highest BCUT2D eigenvalue weighted by atomic mass is 35.5. The van der Waals surface area contributed by atoms with Crippen LogP contribution in [0.25, 0.3) is 5.69 Å². The van der Waals surface area contributed by atoms with Crippen molar-refractivity contribution in [2.24, 2.45) is 0 Å². The summed E-state index contributed by atoms with van der Waals surface area (Å²) in [5.41, 5.74) is 2.09. The van der Waals surface area contributed by atoms with Crippen LogP contribution >= 0.6 is 22.9 Å². The van der Waals surface area contributed by atoms with Gasteiger partial charge in [-0.3, -0.25) is 4.79 Å². The lowest BCUT2D eigenvalue weighted by Crippen LogP contribution is -2.25. The summed E-state index contributed by atoms with van der Waals surface area (Å²) in [5.74, 6) is -0.129. The third-order valence-corrected chi connectivity index (χ3v) is 4.52. The Bertz CT molecular complexity index is 767. The molecule has 0 aliphatic heterocycles. The molecule has 3 rings (SSSR count). The summed E-state index contributed by atoms with van der Waals surface area (Å²) in [5, 5.41) is 9.51. The smallest absolute Gasteiger partial charge is 0.262 e. The summed E-state index contributed by atoms with van der Waals surface area (Å²) in [7, 11) is 0. The van der Waals surface area contributed by atoms with Gasteiger partial charge in [-0.2, -0.15) is 5.10 Å². The Hall–Kier alpha value is -2.11. The molecular weight excluding hydrogens is 318 g/mol. The van der Waals surface area contributed by atoms with Gasteiger partial charge in [0.05, 0.1) is 16.9 Å². The van der Waals surface area contributed by atoms with Gasteiger partial charge in [-0.25, -0.2) is 4.68 Å². The molecule has 6 heteroatoms. The Morgan fingerprint density at radius 1 is 1.27 bits per heavy atom. The molecule has 0 aliphatic rings. The number of hydrogen-bond donors (Lipinski definition) is 1. The van der Waals surface area contributed by atoms with Gasteiger partial charge in [0, 0.05) is 12.7 Å². The Kier molecular flexibility index (Phi) is 4.56. The van der Waals surface area contributed by atoms with Crippen molar-refractivity contribution < 1.29 is 4.79 Å². The van der Waals surface area contributed by atoms with E-state index in [4.69, 9.17) is 11.6 Å². The van der Waals surface area contributed by atoms with Crippen LogP contribution in [-0.4, -0.2) is 22.2 Å². The standard InChI is InChI=1S/C16H14ClN3OS/c17-14-7-9-22-15(14)16(21)18-8-6-12-10-19-20(11-12)13-4-2-1-3-5-13/h1-5,7,9-11H,6,8H2,(H,18,21). The van der Waals surface area contributed by atoms with E-state index in [1.165, 1.54) is 11.3 Å². The van der Waals surface area contributed by atoms with Crippen LogP contribution in [0, 0.1) is 0 Å². The van der Waals surface area contributed by atoms with E-state index >= 15 is 0 Å². The molecule has 0 fully saturated rings. The number of benzene rings is 1. The first kappa shape index (κ1) is 14.8. The molecule has 4 nitrogen and oxygen atoms in total. The van der Waals surface area contributed by atoms with E-state index < -0.39 is 0 Å². The minimum absolute atomic E-state index is 0.129. The van der Waals surface area contributed by atoms with Crippen LogP contribution in [0.4, 0.5) is 0 Å². The van der Waals surface area contributed by atoms with Gasteiger partial charge in [0.2, 0.25) is 0 Å². The van der Waals surface area contributed by atoms with E-state index in [1.807, 2.05) is 47.4 Å². The van der Waals surface area contributed by atoms with Crippen molar-refractivity contribution in [3.05, 3.63) is 69.6 Å². The quantitative estimate of drug-likeness (QED) is 0.777. The molecule has 0 spiro atoms. The fourth-order valence-corrected chi connectivity index (χ4v) is 3.12. The van der Waals surface area contributed by atoms with E-state index in [2.05, 4.69) is 10.4 Å². The molecule has 3 aromatic rings. The van der Waals surface area contributed by atoms with Crippen LogP contribution in [0.5, 0.6) is 0 Å². The largest absolute Gasteiger partial charge is 0.351 e. The Balaban J connectivity index is 1.56. The van der Waals surface area contributed by atoms with Gasteiger partial charge in [-0.1, -0.05) is 29.8 Å². The van der Waals surface area contributed by atoms with E-state index in [1.54, 1.807) is 11.4 Å². The number of amides is 1. The average molecular weight is 332 g/mol. The molecule has 0 aliphatic carbocycles. The first-order valence-electron chi connectivity index (χ1n) is 6.84. The van der Waals surface area contributed by atoms with Gasteiger partial charge in [-0.05, 0) is 35.6 Å². The molecule has 1 N–H and O–H groups in total. The molecule has 1 aromatic carbocycles. The van der Waals surface area contributed by atoms with Crippen molar-refractivity contribution in [3.8, 4) is 5.69 Å². The second-order valence-corrected chi connectivity index (χ2v) is 6.06. The van der Waals surface area contributed by atoms with Gasteiger partial charge in [-0.15, -0.1) is 11.3 Å². The Morgan fingerprint density at radius 2 is 2.09 bits per heavy atom. The lowest BCUT2D eigenvalue weighted by Gasteiger charge is -2.03. The van der Waals surface area contributed by atoms with Crippen LogP contribution in [0.1, 0.15) is 15.2 Å². The fraction of sp³-hybridized carbons (Fsp3) is 0.125. The first-order chi connectivity index (χ1) is 10.7. The summed E-state index contributed by atoms with van der Waals surface area (Å²) < 4.78 is 1.83. The Morgan fingerprint density at radius 3 is 2.82 bits per heavy atom. The summed E-state index contributed by atoms with van der Waals surface area (Å²) >= 11 is 7.28. The van der Waals surface area contributed by atoms with Crippen molar-refractivity contribution >= 4 is 28.8 Å². The lowest BCUT2D eigenvalue weighted by atomic mass is 10.2. The van der Waals surface area contributed by atoms with Crippen molar-refractivity contribution in [3.63, 3.8) is 0 Å². The molecule has 22 heavy (non-hydrogen) atoms. The normalized spacial score (nSPS) is 10.6. The Labute approximate surface area is 137 Å². The maximum atomic E-state index is 11.9. The molecule has 0 bridgehead atoms. The maximum Gasteiger partial charge on any atom is 0.262 e. The van der Waals surface area contributed by atoms with Crippen LogP contribution < -0.4 is 5.32 Å². The number of para-hydroxylation sites is 1. The number of aromatic nitrogens is 2. The van der Waals surface area contributed by atoms with Crippen molar-refractivity contribution in [1.82, 2.24) is 15.1 Å². The minimum atomic E-state index is -0.129. The molecule has 112 valence electrons. The van der Waals surface area contributed by atoms with E-state index in [0.29, 0.717) is 16.4 Å². The number of rotatable bonds is 5. The molecule has 0 atom stereocenters. The van der Waals surface area contributed by atoms with E-state index in [9.17, 15) is 4.79 Å². The highest BCUT2D eigenvalue weighted by Gasteiger charge is 2.11. The van der Waals surface area contributed by atoms with Gasteiger partial charge in [0.25, 0.3) is 5.91 Å². The summed E-state index contributed by atoms with van der Waals surface area (Å²) in [6, 6.07) is 11.6. The number of nitrogens with one attached hydrogen (secondary N) is 1. The second-order valence-electron chi connectivity index (χ2n) is 4.73. The minimum Gasteiger partial charge on any atom is -0.351 e. The zero-order valence-electron chi connectivity index (χ0n) is 11.7. The van der Waals surface area contributed by atoms with Crippen LogP contribution in [0.15, 0.2) is 54.2 Å². The maximum absolute atomic E-state index is 11.9. The number of carbonyl (C=O) groups excluding carboxylic acids is 1. The third-order valence-electron chi connectivity index (χ3n) is 3.18. The zero-order chi connectivity index (χ0) is 15.4. The van der Waals surface area contributed by atoms with Crippen molar-refractivity contribution in [2.75, 3.05) is 6.54 Å². The SMILES string of the molecule is O=C(NCCc1cnn(-c2ccccc2)c1)c1sccc1Cl. The summed E-state index contributed by atoms with van der Waals surface area (Å²) in [4.78, 5) is 12.5. The lowest BCUT2D eigenvalue weighted by molar-refractivity contribution is 0.0958. The predicted molar refractivity (Wildman–Crippen MR) is 88.9 cm³/mol. The van der Waals surface area contributed by atoms with Crippen LogP contribution in [0.2, 0.25) is 5.02 Å². The van der Waals surface area contributed by atoms with Crippen molar-refractivity contribution in [1.29, 1.82) is 0 Å². The topological polar surface area (TPSA) is 46.9 Å². The molecule has 2 aromatic heterocycles. The zero-order valence-corrected chi connectivity index (χ0v) is 13.3. The fourth-order valence-electron chi connectivity index (χ4n) is 2.07. The monoisotopic (exact) mass is 331 g/mol. The van der Waals surface area contributed by atoms with E-state index in [-0.39, 0.29) is 5.91 Å². The number of thiophene rings is 1. The first-order valence-corrected chi connectivity index (χ1v) is 8.10. The van der Waals surface area contributed by atoms with Gasteiger partial charge in [0.15, 0.2) is 0 Å². The van der Waals surface area contributed by atoms with Gasteiger partial charge >= 0.3 is 0 Å². The van der Waals surface area contributed by atoms with E-state index in [0.717, 1.165) is 17.7 Å². The van der Waals surface area contributed by atoms with Gasteiger partial charge in [0.1, 0.15) is 4.88 Å².